The largest absolute Gasteiger partial charge is 0.480 e. The predicted octanol–water partition coefficient (Wildman–Crippen LogP) is 2.83. The van der Waals surface area contributed by atoms with Crippen molar-refractivity contribution < 1.29 is 14.7 Å². The summed E-state index contributed by atoms with van der Waals surface area (Å²) < 4.78 is 0.843. The Morgan fingerprint density at radius 1 is 1.33 bits per heavy atom. The minimum absolute atomic E-state index is 0.448. The summed E-state index contributed by atoms with van der Waals surface area (Å²) in [5, 5.41) is 9.07. The van der Waals surface area contributed by atoms with E-state index in [1.165, 1.54) is 18.7 Å². The first-order valence-corrected chi connectivity index (χ1v) is 6.25. The average Bonchev–Trinajstić information content (AvgIpc) is 2.30. The van der Waals surface area contributed by atoms with Gasteiger partial charge < -0.3 is 10.0 Å². The number of rotatable bonds is 3. The molecule has 0 saturated heterocycles. The van der Waals surface area contributed by atoms with Gasteiger partial charge in [0.1, 0.15) is 5.41 Å². The van der Waals surface area contributed by atoms with E-state index in [1.54, 1.807) is 13.1 Å². The summed E-state index contributed by atoms with van der Waals surface area (Å²) in [7, 11) is 1.59. The summed E-state index contributed by atoms with van der Waals surface area (Å²) in [5.41, 5.74) is 0.169. The maximum atomic E-state index is 12.2. The zero-order chi connectivity index (χ0) is 14.1. The molecule has 0 heterocycles. The second-order valence-electron chi connectivity index (χ2n) is 4.73. The number of carboxylic acids is 1. The van der Waals surface area contributed by atoms with Crippen LogP contribution in [0.3, 0.4) is 0 Å². The SMILES string of the molecule is Cc1ccc(Br)cc1N(C)C(=O)C(C)(C)C(=O)O. The van der Waals surface area contributed by atoms with Crippen LogP contribution in [0.1, 0.15) is 19.4 Å². The number of hydrogen-bond acceptors (Lipinski definition) is 2. The second-order valence-corrected chi connectivity index (χ2v) is 5.64. The Hall–Kier alpha value is -1.36. The molecule has 1 amide bonds. The molecular weight excluding hydrogens is 298 g/mol. The number of carboxylic acid groups (broad SMARTS) is 1. The fourth-order valence-electron chi connectivity index (χ4n) is 1.56. The standard InChI is InChI=1S/C13H16BrNO3/c1-8-5-6-9(14)7-10(8)15(4)11(16)13(2,3)12(17)18/h5-7H,1-4H3,(H,17,18). The van der Waals surface area contributed by atoms with E-state index in [0.717, 1.165) is 10.0 Å². The first kappa shape index (κ1) is 14.7. The van der Waals surface area contributed by atoms with Crippen LogP contribution in [-0.2, 0) is 9.59 Å². The normalized spacial score (nSPS) is 11.2. The lowest BCUT2D eigenvalue weighted by atomic mass is 9.91. The monoisotopic (exact) mass is 313 g/mol. The summed E-state index contributed by atoms with van der Waals surface area (Å²) in [6.07, 6.45) is 0. The van der Waals surface area contributed by atoms with Crippen molar-refractivity contribution >= 4 is 33.5 Å². The molecular formula is C13H16BrNO3. The molecule has 4 nitrogen and oxygen atoms in total. The van der Waals surface area contributed by atoms with Crippen LogP contribution < -0.4 is 4.90 Å². The molecule has 1 aromatic carbocycles. The molecule has 0 unspecified atom stereocenters. The Morgan fingerprint density at radius 2 is 1.89 bits per heavy atom. The lowest BCUT2D eigenvalue weighted by Crippen LogP contribution is -2.43. The van der Waals surface area contributed by atoms with Crippen molar-refractivity contribution in [2.75, 3.05) is 11.9 Å². The highest BCUT2D eigenvalue weighted by molar-refractivity contribution is 9.10. The summed E-state index contributed by atoms with van der Waals surface area (Å²) in [5.74, 6) is -1.58. The molecule has 0 aliphatic rings. The van der Waals surface area contributed by atoms with Crippen LogP contribution in [0, 0.1) is 12.3 Å². The van der Waals surface area contributed by atoms with Crippen LogP contribution in [0.2, 0.25) is 0 Å². The number of hydrogen-bond donors (Lipinski definition) is 1. The van der Waals surface area contributed by atoms with Gasteiger partial charge in [0.25, 0.3) is 0 Å². The number of carbonyl (C=O) groups is 2. The van der Waals surface area contributed by atoms with Crippen molar-refractivity contribution in [1.29, 1.82) is 0 Å². The van der Waals surface area contributed by atoms with Gasteiger partial charge in [-0.3, -0.25) is 9.59 Å². The van der Waals surface area contributed by atoms with E-state index in [2.05, 4.69) is 15.9 Å². The molecule has 98 valence electrons. The highest BCUT2D eigenvalue weighted by Crippen LogP contribution is 2.28. The van der Waals surface area contributed by atoms with Crippen molar-refractivity contribution in [3.8, 4) is 0 Å². The van der Waals surface area contributed by atoms with Gasteiger partial charge >= 0.3 is 5.97 Å². The molecule has 0 radical (unpaired) electrons. The van der Waals surface area contributed by atoms with Gasteiger partial charge in [0, 0.05) is 17.2 Å². The molecule has 0 aromatic heterocycles. The van der Waals surface area contributed by atoms with Gasteiger partial charge in [0.05, 0.1) is 0 Å². The molecule has 1 aromatic rings. The maximum Gasteiger partial charge on any atom is 0.318 e. The van der Waals surface area contributed by atoms with Crippen LogP contribution in [0.5, 0.6) is 0 Å². The summed E-state index contributed by atoms with van der Waals surface area (Å²) >= 11 is 3.34. The third kappa shape index (κ3) is 2.72. The fraction of sp³-hybridized carbons (Fsp3) is 0.385. The Bertz CT molecular complexity index is 497. The van der Waals surface area contributed by atoms with Crippen LogP contribution in [-0.4, -0.2) is 24.0 Å². The number of anilines is 1. The van der Waals surface area contributed by atoms with Gasteiger partial charge in [-0.2, -0.15) is 0 Å². The van der Waals surface area contributed by atoms with Gasteiger partial charge in [-0.15, -0.1) is 0 Å². The quantitative estimate of drug-likeness (QED) is 0.873. The number of carbonyl (C=O) groups excluding carboxylic acids is 1. The van der Waals surface area contributed by atoms with E-state index < -0.39 is 17.3 Å². The molecule has 18 heavy (non-hydrogen) atoms. The molecule has 0 aliphatic carbocycles. The van der Waals surface area contributed by atoms with Gasteiger partial charge in [-0.1, -0.05) is 22.0 Å². The van der Waals surface area contributed by atoms with Crippen LogP contribution in [0.15, 0.2) is 22.7 Å². The Morgan fingerprint density at radius 3 is 2.39 bits per heavy atom. The van der Waals surface area contributed by atoms with Crippen LogP contribution in [0.4, 0.5) is 5.69 Å². The molecule has 0 spiro atoms. The molecule has 5 heteroatoms. The topological polar surface area (TPSA) is 57.6 Å². The van der Waals surface area contributed by atoms with E-state index in [-0.39, 0.29) is 0 Å². The summed E-state index contributed by atoms with van der Waals surface area (Å²) in [6, 6.07) is 5.54. The van der Waals surface area contributed by atoms with Gasteiger partial charge in [0.2, 0.25) is 5.91 Å². The number of amides is 1. The minimum Gasteiger partial charge on any atom is -0.480 e. The van der Waals surface area contributed by atoms with E-state index in [1.807, 2.05) is 19.1 Å². The van der Waals surface area contributed by atoms with Crippen molar-refractivity contribution in [2.24, 2.45) is 5.41 Å². The fourth-order valence-corrected chi connectivity index (χ4v) is 1.91. The highest BCUT2D eigenvalue weighted by atomic mass is 79.9. The summed E-state index contributed by atoms with van der Waals surface area (Å²) in [4.78, 5) is 24.7. The first-order chi connectivity index (χ1) is 8.17. The molecule has 1 rings (SSSR count). The smallest absolute Gasteiger partial charge is 0.318 e. The molecule has 1 N–H and O–H groups in total. The third-order valence-corrected chi connectivity index (χ3v) is 3.40. The van der Waals surface area contributed by atoms with Crippen molar-refractivity contribution in [2.45, 2.75) is 20.8 Å². The average molecular weight is 314 g/mol. The predicted molar refractivity (Wildman–Crippen MR) is 73.7 cm³/mol. The van der Waals surface area contributed by atoms with E-state index in [4.69, 9.17) is 5.11 Å². The van der Waals surface area contributed by atoms with Gasteiger partial charge in [-0.05, 0) is 38.5 Å². The third-order valence-electron chi connectivity index (χ3n) is 2.91. The van der Waals surface area contributed by atoms with Crippen LogP contribution in [0.25, 0.3) is 0 Å². The number of halogens is 1. The van der Waals surface area contributed by atoms with Gasteiger partial charge in [0.15, 0.2) is 0 Å². The lowest BCUT2D eigenvalue weighted by molar-refractivity contribution is -0.152. The van der Waals surface area contributed by atoms with Crippen molar-refractivity contribution in [3.63, 3.8) is 0 Å². The second kappa shape index (κ2) is 5.10. The Kier molecular flexibility index (Phi) is 4.16. The lowest BCUT2D eigenvalue weighted by Gasteiger charge is -2.27. The number of aliphatic carboxylic acids is 1. The number of nitrogens with zero attached hydrogens (tertiary/aromatic N) is 1. The molecule has 0 saturated carbocycles. The molecule has 0 atom stereocenters. The van der Waals surface area contributed by atoms with E-state index in [0.29, 0.717) is 5.69 Å². The first-order valence-electron chi connectivity index (χ1n) is 5.45. The van der Waals surface area contributed by atoms with Gasteiger partial charge in [-0.25, -0.2) is 0 Å². The van der Waals surface area contributed by atoms with Crippen molar-refractivity contribution in [3.05, 3.63) is 28.2 Å². The minimum atomic E-state index is -1.44. The molecule has 0 aliphatic heterocycles. The molecule has 0 fully saturated rings. The summed E-state index contributed by atoms with van der Waals surface area (Å²) in [6.45, 7) is 4.68. The number of benzene rings is 1. The van der Waals surface area contributed by atoms with E-state index in [9.17, 15) is 9.59 Å². The Labute approximate surface area is 115 Å². The highest BCUT2D eigenvalue weighted by Gasteiger charge is 2.38. The molecule has 0 bridgehead atoms. The zero-order valence-electron chi connectivity index (χ0n) is 10.8. The van der Waals surface area contributed by atoms with Crippen LogP contribution >= 0.6 is 15.9 Å². The van der Waals surface area contributed by atoms with E-state index >= 15 is 0 Å². The zero-order valence-corrected chi connectivity index (χ0v) is 12.4. The van der Waals surface area contributed by atoms with Crippen molar-refractivity contribution in [1.82, 2.24) is 0 Å². The number of aryl methyl sites for hydroxylation is 1. The Balaban J connectivity index is 3.15. The maximum absolute atomic E-state index is 12.2.